The van der Waals surface area contributed by atoms with Crippen molar-refractivity contribution in [3.05, 3.63) is 64.7 Å². The van der Waals surface area contributed by atoms with Crippen LogP contribution in [0.1, 0.15) is 22.8 Å². The number of nitrogens with zero attached hydrogens (tertiary/aromatic N) is 1. The molecule has 24 heavy (non-hydrogen) atoms. The molecule has 0 aliphatic carbocycles. The van der Waals surface area contributed by atoms with Crippen LogP contribution < -0.4 is 5.43 Å². The van der Waals surface area contributed by atoms with Crippen LogP contribution in [0.5, 0.6) is 0 Å². The van der Waals surface area contributed by atoms with Crippen molar-refractivity contribution in [1.29, 1.82) is 0 Å². The van der Waals surface area contributed by atoms with Crippen LogP contribution in [-0.4, -0.2) is 28.4 Å². The van der Waals surface area contributed by atoms with Gasteiger partial charge in [0.2, 0.25) is 0 Å². The fraction of sp³-hybridized carbons (Fsp3) is 0.118. The number of carbonyl (C=O) groups excluding carboxylic acids is 1. The molecule has 2 N–H and O–H groups in total. The number of aromatic carboxylic acids is 1. The minimum Gasteiger partial charge on any atom is -0.478 e. The number of thioether (sulfide) groups is 1. The maximum absolute atomic E-state index is 12.0. The smallest absolute Gasteiger partial charge is 0.335 e. The van der Waals surface area contributed by atoms with Crippen molar-refractivity contribution in [3.8, 4) is 0 Å². The lowest BCUT2D eigenvalue weighted by molar-refractivity contribution is -0.120. The molecule has 124 valence electrons. The fourth-order valence-corrected chi connectivity index (χ4v) is 2.73. The van der Waals surface area contributed by atoms with E-state index in [0.29, 0.717) is 10.6 Å². The summed E-state index contributed by atoms with van der Waals surface area (Å²) in [4.78, 5) is 23.7. The number of amides is 1. The van der Waals surface area contributed by atoms with Crippen LogP contribution in [0.25, 0.3) is 0 Å². The lowest BCUT2D eigenvalue weighted by atomic mass is 10.1. The van der Waals surface area contributed by atoms with Crippen LogP contribution in [-0.2, 0) is 4.79 Å². The van der Waals surface area contributed by atoms with Gasteiger partial charge in [-0.2, -0.15) is 5.10 Å². The molecule has 1 atom stereocenters. The van der Waals surface area contributed by atoms with Gasteiger partial charge in [0.25, 0.3) is 5.91 Å². The Morgan fingerprint density at radius 2 is 1.79 bits per heavy atom. The molecule has 0 spiro atoms. The number of hydrogen-bond donors (Lipinski definition) is 2. The van der Waals surface area contributed by atoms with E-state index in [1.165, 1.54) is 30.1 Å². The maximum Gasteiger partial charge on any atom is 0.335 e. The maximum atomic E-state index is 12.0. The molecule has 0 aliphatic rings. The van der Waals surface area contributed by atoms with Gasteiger partial charge in [-0.25, -0.2) is 10.2 Å². The van der Waals surface area contributed by atoms with Gasteiger partial charge in [-0.1, -0.05) is 23.7 Å². The minimum atomic E-state index is -0.986. The van der Waals surface area contributed by atoms with Crippen LogP contribution in [0.3, 0.4) is 0 Å². The molecule has 0 bridgehead atoms. The van der Waals surface area contributed by atoms with E-state index in [4.69, 9.17) is 16.7 Å². The summed E-state index contributed by atoms with van der Waals surface area (Å²) in [7, 11) is 0. The number of hydrazone groups is 1. The minimum absolute atomic E-state index is 0.198. The van der Waals surface area contributed by atoms with Crippen LogP contribution in [0, 0.1) is 0 Å². The fourth-order valence-electron chi connectivity index (χ4n) is 1.74. The van der Waals surface area contributed by atoms with Crippen molar-refractivity contribution in [3.63, 3.8) is 0 Å². The standard InChI is InChI=1S/C17H15ClN2O3S/c1-11(24-15-8-6-14(18)7-9-15)16(21)20-19-10-12-2-4-13(5-3-12)17(22)23/h2-11H,1H3,(H,20,21)(H,22,23)/b19-10-/t11-/m1/s1. The summed E-state index contributed by atoms with van der Waals surface area (Å²) in [5, 5.41) is 13.0. The molecule has 0 unspecified atom stereocenters. The molecule has 0 radical (unpaired) electrons. The molecule has 0 heterocycles. The van der Waals surface area contributed by atoms with E-state index in [1.54, 1.807) is 31.2 Å². The molecule has 2 aromatic carbocycles. The Hall–Kier alpha value is -2.31. The molecule has 1 amide bonds. The lowest BCUT2D eigenvalue weighted by Crippen LogP contribution is -2.26. The first kappa shape index (κ1) is 18.0. The molecule has 7 heteroatoms. The predicted molar refractivity (Wildman–Crippen MR) is 95.9 cm³/mol. The van der Waals surface area contributed by atoms with Gasteiger partial charge >= 0.3 is 5.97 Å². The number of carbonyl (C=O) groups is 2. The third kappa shape index (κ3) is 5.40. The van der Waals surface area contributed by atoms with Crippen LogP contribution in [0.4, 0.5) is 0 Å². The topological polar surface area (TPSA) is 78.8 Å². The molecular formula is C17H15ClN2O3S. The third-order valence-electron chi connectivity index (χ3n) is 3.04. The first-order chi connectivity index (χ1) is 11.5. The van der Waals surface area contributed by atoms with E-state index in [9.17, 15) is 9.59 Å². The van der Waals surface area contributed by atoms with E-state index in [0.717, 1.165) is 4.90 Å². The quantitative estimate of drug-likeness (QED) is 0.467. The van der Waals surface area contributed by atoms with E-state index in [-0.39, 0.29) is 16.7 Å². The van der Waals surface area contributed by atoms with Crippen molar-refractivity contribution < 1.29 is 14.7 Å². The SMILES string of the molecule is C[C@@H](Sc1ccc(Cl)cc1)C(=O)N/N=C\c1ccc(C(=O)O)cc1. The molecule has 2 aromatic rings. The summed E-state index contributed by atoms with van der Waals surface area (Å²) in [5.74, 6) is -1.21. The first-order valence-corrected chi connectivity index (χ1v) is 8.30. The summed E-state index contributed by atoms with van der Waals surface area (Å²) in [6.07, 6.45) is 1.46. The van der Waals surface area contributed by atoms with Crippen LogP contribution >= 0.6 is 23.4 Å². The van der Waals surface area contributed by atoms with Gasteiger partial charge in [0.1, 0.15) is 0 Å². The van der Waals surface area contributed by atoms with Gasteiger partial charge < -0.3 is 5.11 Å². The average Bonchev–Trinajstić information content (AvgIpc) is 2.57. The Kier molecular flexibility index (Phi) is 6.40. The highest BCUT2D eigenvalue weighted by Crippen LogP contribution is 2.24. The van der Waals surface area contributed by atoms with E-state index in [2.05, 4.69) is 10.5 Å². The normalized spacial score (nSPS) is 12.1. The summed E-state index contributed by atoms with van der Waals surface area (Å²) in [6, 6.07) is 13.4. The Labute approximate surface area is 148 Å². The van der Waals surface area contributed by atoms with Gasteiger partial charge in [0.15, 0.2) is 0 Å². The molecule has 2 rings (SSSR count). The number of carboxylic acid groups (broad SMARTS) is 1. The summed E-state index contributed by atoms with van der Waals surface area (Å²) in [5.41, 5.74) is 3.36. The molecule has 0 saturated heterocycles. The second-order valence-electron chi connectivity index (χ2n) is 4.88. The van der Waals surface area contributed by atoms with Crippen molar-refractivity contribution in [2.24, 2.45) is 5.10 Å². The zero-order valence-electron chi connectivity index (χ0n) is 12.8. The molecular weight excluding hydrogens is 348 g/mol. The third-order valence-corrected chi connectivity index (χ3v) is 4.41. The van der Waals surface area contributed by atoms with Crippen LogP contribution in [0.2, 0.25) is 5.02 Å². The number of rotatable bonds is 6. The average molecular weight is 363 g/mol. The Balaban J connectivity index is 1.87. The number of halogens is 1. The zero-order chi connectivity index (χ0) is 17.5. The lowest BCUT2D eigenvalue weighted by Gasteiger charge is -2.09. The molecule has 0 aromatic heterocycles. The predicted octanol–water partition coefficient (Wildman–Crippen LogP) is 3.67. The number of hydrogen-bond acceptors (Lipinski definition) is 4. The van der Waals surface area contributed by atoms with Gasteiger partial charge in [0, 0.05) is 9.92 Å². The monoisotopic (exact) mass is 362 g/mol. The van der Waals surface area contributed by atoms with Crippen molar-refractivity contribution in [2.45, 2.75) is 17.1 Å². The van der Waals surface area contributed by atoms with E-state index >= 15 is 0 Å². The van der Waals surface area contributed by atoms with Crippen molar-refractivity contribution in [2.75, 3.05) is 0 Å². The highest BCUT2D eigenvalue weighted by molar-refractivity contribution is 8.00. The Bertz CT molecular complexity index is 745. The summed E-state index contributed by atoms with van der Waals surface area (Å²) >= 11 is 7.23. The molecule has 5 nitrogen and oxygen atoms in total. The second-order valence-corrected chi connectivity index (χ2v) is 6.73. The van der Waals surface area contributed by atoms with Crippen LogP contribution in [0.15, 0.2) is 58.5 Å². The summed E-state index contributed by atoms with van der Waals surface area (Å²) in [6.45, 7) is 1.78. The Morgan fingerprint density at radius 1 is 1.17 bits per heavy atom. The highest BCUT2D eigenvalue weighted by Gasteiger charge is 2.13. The number of carboxylic acids is 1. The highest BCUT2D eigenvalue weighted by atomic mass is 35.5. The van der Waals surface area contributed by atoms with Gasteiger partial charge in [0.05, 0.1) is 17.0 Å². The van der Waals surface area contributed by atoms with E-state index < -0.39 is 5.97 Å². The van der Waals surface area contributed by atoms with E-state index in [1.807, 2.05) is 12.1 Å². The Morgan fingerprint density at radius 3 is 2.38 bits per heavy atom. The summed E-state index contributed by atoms with van der Waals surface area (Å²) < 4.78 is 0. The largest absolute Gasteiger partial charge is 0.478 e. The van der Waals surface area contributed by atoms with Crippen molar-refractivity contribution >= 4 is 41.5 Å². The number of benzene rings is 2. The van der Waals surface area contributed by atoms with Gasteiger partial charge in [-0.15, -0.1) is 11.8 Å². The number of nitrogens with one attached hydrogen (secondary N) is 1. The molecule has 0 saturated carbocycles. The molecule has 0 fully saturated rings. The second kappa shape index (κ2) is 8.52. The zero-order valence-corrected chi connectivity index (χ0v) is 14.3. The molecule has 0 aliphatic heterocycles. The van der Waals surface area contributed by atoms with Crippen molar-refractivity contribution in [1.82, 2.24) is 5.43 Å². The van der Waals surface area contributed by atoms with Gasteiger partial charge in [-0.05, 0) is 48.9 Å². The first-order valence-electron chi connectivity index (χ1n) is 7.04. The van der Waals surface area contributed by atoms with Gasteiger partial charge in [-0.3, -0.25) is 4.79 Å².